The Bertz CT molecular complexity index is 760. The first-order valence-corrected chi connectivity index (χ1v) is 11.3. The van der Waals surface area contributed by atoms with Crippen molar-refractivity contribution in [1.29, 1.82) is 0 Å². The second-order valence-corrected chi connectivity index (χ2v) is 8.74. The van der Waals surface area contributed by atoms with E-state index in [1.165, 1.54) is 43.6 Å². The molecule has 0 amide bonds. The van der Waals surface area contributed by atoms with E-state index >= 15 is 0 Å². The summed E-state index contributed by atoms with van der Waals surface area (Å²) in [5.74, 6) is 2.54. The largest absolute Gasteiger partial charge is 0.356 e. The molecule has 1 aliphatic rings. The molecule has 0 saturated carbocycles. The van der Waals surface area contributed by atoms with Crippen molar-refractivity contribution in [2.75, 3.05) is 33.2 Å². The van der Waals surface area contributed by atoms with Crippen LogP contribution in [0.15, 0.2) is 47.7 Å². The summed E-state index contributed by atoms with van der Waals surface area (Å²) in [6, 6.07) is 10.5. The molecule has 2 unspecified atom stereocenters. The summed E-state index contributed by atoms with van der Waals surface area (Å²) in [6.45, 7) is 11.0. The van der Waals surface area contributed by atoms with Crippen LogP contribution in [-0.4, -0.2) is 53.9 Å². The fourth-order valence-electron chi connectivity index (χ4n) is 4.49. The van der Waals surface area contributed by atoms with Gasteiger partial charge in [0.15, 0.2) is 5.96 Å². The minimum absolute atomic E-state index is 0.751. The molecule has 164 valence electrons. The number of hydrogen-bond donors (Lipinski definition) is 2. The van der Waals surface area contributed by atoms with Gasteiger partial charge in [0, 0.05) is 45.6 Å². The van der Waals surface area contributed by atoms with Crippen LogP contribution < -0.4 is 10.6 Å². The number of rotatable bonds is 9. The molecule has 0 aliphatic carbocycles. The van der Waals surface area contributed by atoms with E-state index in [1.807, 2.05) is 30.2 Å². The molecule has 0 radical (unpaired) electrons. The first-order chi connectivity index (χ1) is 14.6. The second-order valence-electron chi connectivity index (χ2n) is 8.74. The minimum Gasteiger partial charge on any atom is -0.356 e. The Kier molecular flexibility index (Phi) is 8.75. The topological polar surface area (TPSA) is 57.5 Å². The van der Waals surface area contributed by atoms with E-state index in [2.05, 4.69) is 63.7 Å². The Hall–Kier alpha value is -2.34. The molecule has 0 spiro atoms. The average molecular weight is 411 g/mol. The highest BCUT2D eigenvalue weighted by atomic mass is 15.3. The van der Waals surface area contributed by atoms with Gasteiger partial charge < -0.3 is 15.5 Å². The quantitative estimate of drug-likeness (QED) is 0.378. The fourth-order valence-corrected chi connectivity index (χ4v) is 4.49. The van der Waals surface area contributed by atoms with Gasteiger partial charge in [0.1, 0.15) is 0 Å². The molecule has 1 saturated heterocycles. The third kappa shape index (κ3) is 7.17. The van der Waals surface area contributed by atoms with Gasteiger partial charge in [0.2, 0.25) is 0 Å². The number of hydrogen-bond acceptors (Lipinski definition) is 3. The summed E-state index contributed by atoms with van der Waals surface area (Å²) in [6.07, 6.45) is 7.59. The highest BCUT2D eigenvalue weighted by Gasteiger charge is 2.20. The molecule has 1 fully saturated rings. The van der Waals surface area contributed by atoms with Crippen LogP contribution >= 0.6 is 0 Å². The van der Waals surface area contributed by atoms with Gasteiger partial charge in [-0.2, -0.15) is 5.10 Å². The van der Waals surface area contributed by atoms with Crippen molar-refractivity contribution < 1.29 is 0 Å². The molecule has 6 heteroatoms. The van der Waals surface area contributed by atoms with Crippen molar-refractivity contribution in [3.8, 4) is 0 Å². The van der Waals surface area contributed by atoms with Crippen molar-refractivity contribution in [1.82, 2.24) is 25.3 Å². The lowest BCUT2D eigenvalue weighted by Gasteiger charge is -2.34. The SMILES string of the molecule is CN=C(NCCCCN1CC(C)CC(C)C1)NCc1ccccc1Cn1cccn1. The molecule has 1 aromatic carbocycles. The van der Waals surface area contributed by atoms with Gasteiger partial charge in [-0.1, -0.05) is 38.1 Å². The third-order valence-corrected chi connectivity index (χ3v) is 5.82. The molecule has 1 aromatic heterocycles. The van der Waals surface area contributed by atoms with Crippen molar-refractivity contribution in [3.63, 3.8) is 0 Å². The van der Waals surface area contributed by atoms with E-state index in [4.69, 9.17) is 0 Å². The number of guanidine groups is 1. The zero-order chi connectivity index (χ0) is 21.2. The van der Waals surface area contributed by atoms with Gasteiger partial charge >= 0.3 is 0 Å². The highest BCUT2D eigenvalue weighted by Crippen LogP contribution is 2.20. The summed E-state index contributed by atoms with van der Waals surface area (Å²) in [5, 5.41) is 11.2. The molecule has 0 bridgehead atoms. The number of aromatic nitrogens is 2. The Morgan fingerprint density at radius 1 is 1.07 bits per heavy atom. The fraction of sp³-hybridized carbons (Fsp3) is 0.583. The molecule has 6 nitrogen and oxygen atoms in total. The molecule has 2 heterocycles. The second kappa shape index (κ2) is 11.7. The van der Waals surface area contributed by atoms with E-state index in [1.54, 1.807) is 0 Å². The van der Waals surface area contributed by atoms with Crippen LogP contribution in [-0.2, 0) is 13.1 Å². The summed E-state index contributed by atoms with van der Waals surface area (Å²) < 4.78 is 1.95. The molecule has 2 aromatic rings. The van der Waals surface area contributed by atoms with Gasteiger partial charge in [-0.25, -0.2) is 0 Å². The van der Waals surface area contributed by atoms with Crippen LogP contribution in [0.5, 0.6) is 0 Å². The molecular weight excluding hydrogens is 372 g/mol. The summed E-state index contributed by atoms with van der Waals surface area (Å²) >= 11 is 0. The summed E-state index contributed by atoms with van der Waals surface area (Å²) in [5.41, 5.74) is 2.54. The number of benzene rings is 1. The van der Waals surface area contributed by atoms with Gasteiger partial charge in [-0.3, -0.25) is 9.67 Å². The standard InChI is InChI=1S/C24H38N6/c1-20-15-21(2)18-29(17-20)13-7-6-11-26-24(25-3)27-16-22-9-4-5-10-23(22)19-30-14-8-12-28-30/h4-5,8-10,12,14,20-21H,6-7,11,13,15-19H2,1-3H3,(H2,25,26,27). The molecule has 3 rings (SSSR count). The minimum atomic E-state index is 0.751. The van der Waals surface area contributed by atoms with Gasteiger partial charge in [0.25, 0.3) is 0 Å². The van der Waals surface area contributed by atoms with Crippen molar-refractivity contribution in [3.05, 3.63) is 53.9 Å². The van der Waals surface area contributed by atoms with E-state index in [0.29, 0.717) is 0 Å². The van der Waals surface area contributed by atoms with Gasteiger partial charge in [0.05, 0.1) is 6.54 Å². The van der Waals surface area contributed by atoms with Crippen LogP contribution in [0.4, 0.5) is 0 Å². The summed E-state index contributed by atoms with van der Waals surface area (Å²) in [4.78, 5) is 7.02. The Labute approximate surface area is 181 Å². The molecule has 2 atom stereocenters. The summed E-state index contributed by atoms with van der Waals surface area (Å²) in [7, 11) is 1.83. The predicted molar refractivity (Wildman–Crippen MR) is 125 cm³/mol. The van der Waals surface area contributed by atoms with Crippen molar-refractivity contribution in [2.45, 2.75) is 46.2 Å². The molecular formula is C24H38N6. The van der Waals surface area contributed by atoms with E-state index < -0.39 is 0 Å². The lowest BCUT2D eigenvalue weighted by molar-refractivity contribution is 0.139. The number of piperidine rings is 1. The smallest absolute Gasteiger partial charge is 0.191 e. The number of unbranched alkanes of at least 4 members (excludes halogenated alkanes) is 1. The predicted octanol–water partition coefficient (Wildman–Crippen LogP) is 3.35. The maximum absolute atomic E-state index is 4.38. The maximum Gasteiger partial charge on any atom is 0.191 e. The number of nitrogens with zero attached hydrogens (tertiary/aromatic N) is 4. The highest BCUT2D eigenvalue weighted by molar-refractivity contribution is 5.79. The number of likely N-dealkylation sites (tertiary alicyclic amines) is 1. The Balaban J connectivity index is 1.37. The van der Waals surface area contributed by atoms with Crippen LogP contribution in [0, 0.1) is 11.8 Å². The van der Waals surface area contributed by atoms with Crippen molar-refractivity contribution in [2.24, 2.45) is 16.8 Å². The Morgan fingerprint density at radius 3 is 2.53 bits per heavy atom. The molecule has 2 N–H and O–H groups in total. The Morgan fingerprint density at radius 2 is 1.83 bits per heavy atom. The number of nitrogens with one attached hydrogen (secondary N) is 2. The van der Waals surface area contributed by atoms with Crippen LogP contribution in [0.1, 0.15) is 44.2 Å². The van der Waals surface area contributed by atoms with E-state index in [9.17, 15) is 0 Å². The monoisotopic (exact) mass is 410 g/mol. The van der Waals surface area contributed by atoms with E-state index in [0.717, 1.165) is 43.9 Å². The van der Waals surface area contributed by atoms with Crippen LogP contribution in [0.2, 0.25) is 0 Å². The van der Waals surface area contributed by atoms with Crippen LogP contribution in [0.25, 0.3) is 0 Å². The number of aliphatic imine (C=N–C) groups is 1. The maximum atomic E-state index is 4.38. The molecule has 1 aliphatic heterocycles. The first-order valence-electron chi connectivity index (χ1n) is 11.3. The zero-order valence-corrected chi connectivity index (χ0v) is 18.8. The van der Waals surface area contributed by atoms with Gasteiger partial charge in [-0.05, 0) is 54.8 Å². The lowest BCUT2D eigenvalue weighted by atomic mass is 9.92. The first kappa shape index (κ1) is 22.3. The van der Waals surface area contributed by atoms with Crippen LogP contribution in [0.3, 0.4) is 0 Å². The van der Waals surface area contributed by atoms with Gasteiger partial charge in [-0.15, -0.1) is 0 Å². The normalized spacial score (nSPS) is 20.3. The third-order valence-electron chi connectivity index (χ3n) is 5.82. The average Bonchev–Trinajstić information content (AvgIpc) is 3.23. The molecule has 30 heavy (non-hydrogen) atoms. The van der Waals surface area contributed by atoms with Crippen molar-refractivity contribution >= 4 is 5.96 Å². The lowest BCUT2D eigenvalue weighted by Crippen LogP contribution is -2.40. The van der Waals surface area contributed by atoms with E-state index in [-0.39, 0.29) is 0 Å². The zero-order valence-electron chi connectivity index (χ0n) is 18.8.